The van der Waals surface area contributed by atoms with E-state index in [1.165, 1.54) is 6.33 Å². The molecule has 1 saturated carbocycles. The molecule has 0 unspecified atom stereocenters. The number of halogens is 1. The molecule has 1 aliphatic carbocycles. The number of hydrogen-bond acceptors (Lipinski definition) is 4. The fourth-order valence-corrected chi connectivity index (χ4v) is 4.68. The Bertz CT molecular complexity index is 1270. The van der Waals surface area contributed by atoms with Gasteiger partial charge in [0.15, 0.2) is 5.69 Å². The van der Waals surface area contributed by atoms with Crippen LogP contribution in [0.2, 0.25) is 5.02 Å². The van der Waals surface area contributed by atoms with Gasteiger partial charge >= 0.3 is 0 Å². The lowest BCUT2D eigenvalue weighted by Gasteiger charge is -2.44. The van der Waals surface area contributed by atoms with E-state index in [4.69, 9.17) is 11.6 Å². The predicted octanol–water partition coefficient (Wildman–Crippen LogP) is 3.16. The van der Waals surface area contributed by atoms with Gasteiger partial charge in [0.2, 0.25) is 5.91 Å². The zero-order chi connectivity index (χ0) is 24.6. The van der Waals surface area contributed by atoms with Crippen molar-refractivity contribution >= 4 is 29.3 Å². The molecule has 180 valence electrons. The maximum Gasteiger partial charge on any atom is 0.274 e. The second kappa shape index (κ2) is 9.19. The van der Waals surface area contributed by atoms with E-state index in [1.54, 1.807) is 28.5 Å². The Morgan fingerprint density at radius 2 is 1.69 bits per heavy atom. The third-order valence-corrected chi connectivity index (χ3v) is 6.80. The molecule has 5 rings (SSSR count). The van der Waals surface area contributed by atoms with Crippen LogP contribution < -0.4 is 10.6 Å². The van der Waals surface area contributed by atoms with Crippen LogP contribution in [-0.2, 0) is 24.4 Å². The number of carbonyl (C=O) groups excluding carboxylic acids is 3. The molecule has 8 nitrogen and oxygen atoms in total. The molecule has 1 atom stereocenters. The van der Waals surface area contributed by atoms with Crippen molar-refractivity contribution in [3.8, 4) is 0 Å². The molecule has 3 aromatic rings. The van der Waals surface area contributed by atoms with Crippen molar-refractivity contribution < 1.29 is 14.4 Å². The highest BCUT2D eigenvalue weighted by Gasteiger charge is 2.53. The zero-order valence-corrected chi connectivity index (χ0v) is 20.1. The highest BCUT2D eigenvalue weighted by Crippen LogP contribution is 2.38. The van der Waals surface area contributed by atoms with Crippen LogP contribution in [0.25, 0.3) is 0 Å². The fourth-order valence-electron chi connectivity index (χ4n) is 4.56. The van der Waals surface area contributed by atoms with Gasteiger partial charge in [0.1, 0.15) is 11.2 Å². The van der Waals surface area contributed by atoms with Gasteiger partial charge in [0, 0.05) is 24.2 Å². The van der Waals surface area contributed by atoms with Gasteiger partial charge in [-0.15, -0.1) is 0 Å². The quantitative estimate of drug-likeness (QED) is 0.530. The minimum absolute atomic E-state index is 0.0244. The smallest absolute Gasteiger partial charge is 0.274 e. The molecule has 0 radical (unpaired) electrons. The minimum Gasteiger partial charge on any atom is -0.350 e. The van der Waals surface area contributed by atoms with Crippen LogP contribution in [0.5, 0.6) is 0 Å². The Hall–Kier alpha value is -3.65. The van der Waals surface area contributed by atoms with E-state index < -0.39 is 11.4 Å². The van der Waals surface area contributed by atoms with E-state index in [0.717, 1.165) is 24.0 Å². The summed E-state index contributed by atoms with van der Waals surface area (Å²) in [6.07, 6.45) is 3.14. The summed E-state index contributed by atoms with van der Waals surface area (Å²) in [4.78, 5) is 45.9. The number of nitrogens with zero attached hydrogens (tertiary/aromatic N) is 3. The molecule has 2 heterocycles. The second-order valence-corrected chi connectivity index (χ2v) is 9.66. The Labute approximate surface area is 208 Å². The molecule has 1 aliphatic heterocycles. The number of amides is 3. The van der Waals surface area contributed by atoms with E-state index in [0.29, 0.717) is 11.6 Å². The summed E-state index contributed by atoms with van der Waals surface area (Å²) in [6.45, 7) is 2.66. The lowest BCUT2D eigenvalue weighted by molar-refractivity contribution is -0.133. The number of imidazole rings is 1. The van der Waals surface area contributed by atoms with Crippen LogP contribution in [0.4, 0.5) is 0 Å². The third kappa shape index (κ3) is 4.53. The van der Waals surface area contributed by atoms with Gasteiger partial charge in [-0.05, 0) is 43.0 Å². The number of benzene rings is 2. The summed E-state index contributed by atoms with van der Waals surface area (Å²) in [5, 5.41) is 6.43. The molecule has 9 heteroatoms. The van der Waals surface area contributed by atoms with Gasteiger partial charge in [-0.3, -0.25) is 14.4 Å². The van der Waals surface area contributed by atoms with E-state index in [2.05, 4.69) is 15.6 Å². The first-order valence-corrected chi connectivity index (χ1v) is 12.0. The lowest BCUT2D eigenvalue weighted by atomic mass is 9.93. The predicted molar refractivity (Wildman–Crippen MR) is 131 cm³/mol. The van der Waals surface area contributed by atoms with Gasteiger partial charge in [0.05, 0.1) is 12.9 Å². The minimum atomic E-state index is -1.09. The zero-order valence-electron chi connectivity index (χ0n) is 19.3. The van der Waals surface area contributed by atoms with Crippen LogP contribution in [0.15, 0.2) is 60.9 Å². The van der Waals surface area contributed by atoms with Crippen LogP contribution in [0, 0.1) is 0 Å². The van der Waals surface area contributed by atoms with Crippen LogP contribution in [-0.4, -0.2) is 43.8 Å². The molecule has 1 aromatic heterocycles. The molecular formula is C26H26ClN5O3. The summed E-state index contributed by atoms with van der Waals surface area (Å²) < 4.78 is 1.63. The van der Waals surface area contributed by atoms with Crippen molar-refractivity contribution in [2.75, 3.05) is 0 Å². The van der Waals surface area contributed by atoms with Gasteiger partial charge in [-0.2, -0.15) is 0 Å². The summed E-state index contributed by atoms with van der Waals surface area (Å²) in [5.74, 6) is -1.00. The normalized spacial score (nSPS) is 19.3. The highest BCUT2D eigenvalue weighted by atomic mass is 35.5. The Morgan fingerprint density at radius 1 is 1.03 bits per heavy atom. The number of aromatic nitrogens is 2. The van der Waals surface area contributed by atoms with E-state index in [-0.39, 0.29) is 42.3 Å². The summed E-state index contributed by atoms with van der Waals surface area (Å²) in [6, 6.07) is 16.8. The number of nitrogens with one attached hydrogen (secondary N) is 2. The maximum atomic E-state index is 13.7. The molecule has 0 spiro atoms. The van der Waals surface area contributed by atoms with Crippen LogP contribution >= 0.6 is 11.6 Å². The molecule has 2 aromatic carbocycles. The van der Waals surface area contributed by atoms with Crippen LogP contribution in [0.3, 0.4) is 0 Å². The highest BCUT2D eigenvalue weighted by molar-refractivity contribution is 6.30. The van der Waals surface area contributed by atoms with E-state index in [9.17, 15) is 14.4 Å². The molecule has 1 fully saturated rings. The average molecular weight is 492 g/mol. The summed E-state index contributed by atoms with van der Waals surface area (Å²) in [5.41, 5.74) is 1.06. The molecule has 3 amide bonds. The van der Waals surface area contributed by atoms with Crippen molar-refractivity contribution in [2.24, 2.45) is 0 Å². The monoisotopic (exact) mass is 491 g/mol. The lowest BCUT2D eigenvalue weighted by Crippen LogP contribution is -2.64. The van der Waals surface area contributed by atoms with Gasteiger partial charge < -0.3 is 20.1 Å². The molecule has 35 heavy (non-hydrogen) atoms. The van der Waals surface area contributed by atoms with Gasteiger partial charge in [-0.25, -0.2) is 4.98 Å². The number of hydrogen-bond donors (Lipinski definition) is 2. The van der Waals surface area contributed by atoms with E-state index in [1.807, 2.05) is 42.5 Å². The number of carbonyl (C=O) groups is 3. The second-order valence-electron chi connectivity index (χ2n) is 9.23. The first kappa shape index (κ1) is 23.1. The fraction of sp³-hybridized carbons (Fsp3) is 0.308. The first-order chi connectivity index (χ1) is 16.9. The van der Waals surface area contributed by atoms with Crippen molar-refractivity contribution in [2.45, 2.75) is 51.0 Å². The SMILES string of the molecule is C[C@@]1(C(=O)NCc2ccccc2)Cn2cnc(C(=O)NCc3ccc(Cl)cc3)c2C(=O)N1C1CC1. The van der Waals surface area contributed by atoms with Gasteiger partial charge in [-0.1, -0.05) is 54.1 Å². The largest absolute Gasteiger partial charge is 0.350 e. The molecule has 0 bridgehead atoms. The van der Waals surface area contributed by atoms with Crippen molar-refractivity contribution in [3.05, 3.63) is 88.5 Å². The van der Waals surface area contributed by atoms with Crippen molar-refractivity contribution in [1.82, 2.24) is 25.1 Å². The summed E-state index contributed by atoms with van der Waals surface area (Å²) in [7, 11) is 0. The molecule has 0 saturated heterocycles. The topological polar surface area (TPSA) is 96.3 Å². The Balaban J connectivity index is 1.36. The standard InChI is InChI=1S/C26H26ClN5O3/c1-26(25(35)29-14-17-5-3-2-4-6-17)15-31-16-30-21(22(31)24(34)32(26)20-11-12-20)23(33)28-13-18-7-9-19(27)10-8-18/h2-10,16,20H,11-15H2,1H3,(H,28,33)(H,29,35)/t26-/m0/s1. The average Bonchev–Trinajstić information content (AvgIpc) is 3.60. The Morgan fingerprint density at radius 3 is 2.37 bits per heavy atom. The van der Waals surface area contributed by atoms with E-state index >= 15 is 0 Å². The Kier molecular flexibility index (Phi) is 6.06. The first-order valence-electron chi connectivity index (χ1n) is 11.6. The number of fused-ring (bicyclic) bond motifs is 1. The van der Waals surface area contributed by atoms with Crippen LogP contribution in [0.1, 0.15) is 51.9 Å². The molecule has 2 aliphatic rings. The maximum absolute atomic E-state index is 13.7. The van der Waals surface area contributed by atoms with Crippen molar-refractivity contribution in [3.63, 3.8) is 0 Å². The van der Waals surface area contributed by atoms with Crippen molar-refractivity contribution in [1.29, 1.82) is 0 Å². The third-order valence-electron chi connectivity index (χ3n) is 6.55. The van der Waals surface area contributed by atoms with Gasteiger partial charge in [0.25, 0.3) is 11.8 Å². The molecule has 2 N–H and O–H groups in total. The number of rotatable bonds is 7. The molecular weight excluding hydrogens is 466 g/mol. The summed E-state index contributed by atoms with van der Waals surface area (Å²) >= 11 is 5.92.